The standard InChI is InChI=1S/C12H10N2O3/c1-7-9(8-2-4-13-5-3-8)6-14-10(11(7)15)12(16)17/h2-6,15H,1H3,(H,16,17). The van der Waals surface area contributed by atoms with E-state index in [-0.39, 0.29) is 11.4 Å². The molecule has 5 heteroatoms. The van der Waals surface area contributed by atoms with Gasteiger partial charge in [-0.05, 0) is 24.6 Å². The minimum absolute atomic E-state index is 0.299. The predicted octanol–water partition coefficient (Wildman–Crippen LogP) is 1.86. The van der Waals surface area contributed by atoms with Crippen molar-refractivity contribution in [1.82, 2.24) is 9.97 Å². The van der Waals surface area contributed by atoms with Gasteiger partial charge in [0.1, 0.15) is 0 Å². The Kier molecular flexibility index (Phi) is 2.74. The van der Waals surface area contributed by atoms with Gasteiger partial charge in [-0.2, -0.15) is 0 Å². The van der Waals surface area contributed by atoms with Crippen LogP contribution in [-0.4, -0.2) is 26.2 Å². The van der Waals surface area contributed by atoms with Gasteiger partial charge in [-0.3, -0.25) is 4.98 Å². The molecule has 0 unspecified atom stereocenters. The van der Waals surface area contributed by atoms with Crippen molar-refractivity contribution < 1.29 is 15.0 Å². The fraction of sp³-hybridized carbons (Fsp3) is 0.0833. The zero-order valence-electron chi connectivity index (χ0n) is 9.08. The molecule has 2 heterocycles. The molecule has 2 aromatic heterocycles. The van der Waals surface area contributed by atoms with E-state index in [1.165, 1.54) is 6.20 Å². The first-order valence-corrected chi connectivity index (χ1v) is 4.93. The Labute approximate surface area is 97.4 Å². The number of carboxylic acid groups (broad SMARTS) is 1. The van der Waals surface area contributed by atoms with Crippen molar-refractivity contribution in [2.24, 2.45) is 0 Å². The Morgan fingerprint density at radius 3 is 2.53 bits per heavy atom. The van der Waals surface area contributed by atoms with Crippen LogP contribution in [0.3, 0.4) is 0 Å². The van der Waals surface area contributed by atoms with Crippen LogP contribution in [0.15, 0.2) is 30.7 Å². The van der Waals surface area contributed by atoms with Crippen LogP contribution in [0.5, 0.6) is 5.75 Å². The van der Waals surface area contributed by atoms with Crippen LogP contribution in [-0.2, 0) is 0 Å². The Morgan fingerprint density at radius 2 is 1.94 bits per heavy atom. The molecular formula is C12H10N2O3. The average molecular weight is 230 g/mol. The van der Waals surface area contributed by atoms with E-state index in [0.717, 1.165) is 5.56 Å². The minimum Gasteiger partial charge on any atom is -0.505 e. The monoisotopic (exact) mass is 230 g/mol. The topological polar surface area (TPSA) is 83.3 Å². The number of aromatic nitrogens is 2. The fourth-order valence-corrected chi connectivity index (χ4v) is 1.57. The summed E-state index contributed by atoms with van der Waals surface area (Å²) in [6.45, 7) is 1.65. The van der Waals surface area contributed by atoms with Gasteiger partial charge in [0.15, 0.2) is 11.4 Å². The second kappa shape index (κ2) is 4.21. The second-order valence-corrected chi connectivity index (χ2v) is 3.54. The summed E-state index contributed by atoms with van der Waals surface area (Å²) in [5.74, 6) is -1.54. The summed E-state index contributed by atoms with van der Waals surface area (Å²) in [6, 6.07) is 3.54. The zero-order valence-corrected chi connectivity index (χ0v) is 9.08. The highest BCUT2D eigenvalue weighted by Crippen LogP contribution is 2.30. The van der Waals surface area contributed by atoms with E-state index in [2.05, 4.69) is 9.97 Å². The third-order valence-corrected chi connectivity index (χ3v) is 2.50. The Morgan fingerprint density at radius 1 is 1.29 bits per heavy atom. The lowest BCUT2D eigenvalue weighted by molar-refractivity contribution is 0.0687. The number of nitrogens with zero attached hydrogens (tertiary/aromatic N) is 2. The van der Waals surface area contributed by atoms with Crippen molar-refractivity contribution in [2.45, 2.75) is 6.92 Å². The van der Waals surface area contributed by atoms with Crippen molar-refractivity contribution in [3.05, 3.63) is 42.0 Å². The fourth-order valence-electron chi connectivity index (χ4n) is 1.57. The third kappa shape index (κ3) is 1.94. The number of rotatable bonds is 2. The number of aromatic hydroxyl groups is 1. The van der Waals surface area contributed by atoms with Crippen molar-refractivity contribution >= 4 is 5.97 Å². The Balaban J connectivity index is 2.60. The van der Waals surface area contributed by atoms with Gasteiger partial charge >= 0.3 is 5.97 Å². The first-order valence-electron chi connectivity index (χ1n) is 4.93. The first kappa shape index (κ1) is 11.1. The maximum absolute atomic E-state index is 10.8. The molecule has 0 amide bonds. The average Bonchev–Trinajstić information content (AvgIpc) is 2.33. The minimum atomic E-state index is -1.24. The predicted molar refractivity (Wildman–Crippen MR) is 60.8 cm³/mol. The van der Waals surface area contributed by atoms with Crippen LogP contribution in [0.2, 0.25) is 0 Å². The van der Waals surface area contributed by atoms with Crippen LogP contribution in [0, 0.1) is 6.92 Å². The molecule has 5 nitrogen and oxygen atoms in total. The summed E-state index contributed by atoms with van der Waals surface area (Å²) < 4.78 is 0. The van der Waals surface area contributed by atoms with Gasteiger partial charge in [0.2, 0.25) is 0 Å². The molecule has 2 N–H and O–H groups in total. The van der Waals surface area contributed by atoms with Gasteiger partial charge in [-0.15, -0.1) is 0 Å². The second-order valence-electron chi connectivity index (χ2n) is 3.54. The molecule has 0 saturated heterocycles. The zero-order chi connectivity index (χ0) is 12.4. The van der Waals surface area contributed by atoms with E-state index in [0.29, 0.717) is 11.1 Å². The van der Waals surface area contributed by atoms with Crippen molar-refractivity contribution in [3.8, 4) is 16.9 Å². The molecule has 0 aliphatic carbocycles. The number of carbonyl (C=O) groups is 1. The molecule has 0 aliphatic rings. The molecule has 0 fully saturated rings. The molecule has 0 aliphatic heterocycles. The van der Waals surface area contributed by atoms with Crippen LogP contribution in [0.4, 0.5) is 0 Å². The smallest absolute Gasteiger partial charge is 0.358 e. The van der Waals surface area contributed by atoms with Gasteiger partial charge in [-0.1, -0.05) is 0 Å². The molecule has 0 bridgehead atoms. The van der Waals surface area contributed by atoms with Gasteiger partial charge in [0.05, 0.1) is 0 Å². The van der Waals surface area contributed by atoms with Gasteiger partial charge in [0.25, 0.3) is 0 Å². The van der Waals surface area contributed by atoms with Crippen LogP contribution < -0.4 is 0 Å². The summed E-state index contributed by atoms with van der Waals surface area (Å²) in [4.78, 5) is 18.4. The quantitative estimate of drug-likeness (QED) is 0.822. The van der Waals surface area contributed by atoms with Crippen LogP contribution in [0.25, 0.3) is 11.1 Å². The number of hydrogen-bond acceptors (Lipinski definition) is 4. The van der Waals surface area contributed by atoms with Gasteiger partial charge in [0, 0.05) is 29.7 Å². The molecule has 0 spiro atoms. The largest absolute Gasteiger partial charge is 0.505 e. The summed E-state index contributed by atoms with van der Waals surface area (Å²) in [6.07, 6.45) is 4.68. The van der Waals surface area contributed by atoms with E-state index in [9.17, 15) is 9.90 Å². The van der Waals surface area contributed by atoms with Crippen molar-refractivity contribution in [2.75, 3.05) is 0 Å². The highest BCUT2D eigenvalue weighted by atomic mass is 16.4. The summed E-state index contributed by atoms with van der Waals surface area (Å²) in [5.41, 5.74) is 1.68. The van der Waals surface area contributed by atoms with Crippen molar-refractivity contribution in [3.63, 3.8) is 0 Å². The Bertz CT molecular complexity index is 567. The van der Waals surface area contributed by atoms with E-state index >= 15 is 0 Å². The summed E-state index contributed by atoms with van der Waals surface area (Å²) >= 11 is 0. The number of hydrogen-bond donors (Lipinski definition) is 2. The number of carboxylic acids is 1. The lowest BCUT2D eigenvalue weighted by atomic mass is 10.0. The van der Waals surface area contributed by atoms with Gasteiger partial charge in [-0.25, -0.2) is 9.78 Å². The van der Waals surface area contributed by atoms with Gasteiger partial charge < -0.3 is 10.2 Å². The molecule has 17 heavy (non-hydrogen) atoms. The molecule has 2 aromatic rings. The maximum Gasteiger partial charge on any atom is 0.358 e. The lowest BCUT2D eigenvalue weighted by Crippen LogP contribution is -2.02. The number of aromatic carboxylic acids is 1. The highest BCUT2D eigenvalue weighted by Gasteiger charge is 2.16. The van der Waals surface area contributed by atoms with E-state index < -0.39 is 5.97 Å². The van der Waals surface area contributed by atoms with E-state index in [1.54, 1.807) is 31.5 Å². The summed E-state index contributed by atoms with van der Waals surface area (Å²) in [5, 5.41) is 18.6. The van der Waals surface area contributed by atoms with E-state index in [4.69, 9.17) is 5.11 Å². The molecule has 0 radical (unpaired) electrons. The molecule has 2 rings (SSSR count). The summed E-state index contributed by atoms with van der Waals surface area (Å²) in [7, 11) is 0. The number of pyridine rings is 2. The van der Waals surface area contributed by atoms with Crippen molar-refractivity contribution in [1.29, 1.82) is 0 Å². The third-order valence-electron chi connectivity index (χ3n) is 2.50. The van der Waals surface area contributed by atoms with Crippen LogP contribution >= 0.6 is 0 Å². The van der Waals surface area contributed by atoms with Crippen LogP contribution in [0.1, 0.15) is 16.1 Å². The molecule has 86 valence electrons. The Hall–Kier alpha value is -2.43. The molecule has 0 saturated carbocycles. The first-order chi connectivity index (χ1) is 8.11. The maximum atomic E-state index is 10.8. The molecule has 0 atom stereocenters. The molecular weight excluding hydrogens is 220 g/mol. The van der Waals surface area contributed by atoms with E-state index in [1.807, 2.05) is 0 Å². The lowest BCUT2D eigenvalue weighted by Gasteiger charge is -2.08. The highest BCUT2D eigenvalue weighted by molar-refractivity contribution is 5.90. The normalized spacial score (nSPS) is 10.2. The SMILES string of the molecule is Cc1c(-c2ccncc2)cnc(C(=O)O)c1O. The molecule has 0 aromatic carbocycles.